The van der Waals surface area contributed by atoms with Crippen LogP contribution in [0.4, 0.5) is 0 Å². The topological polar surface area (TPSA) is 39.7 Å². The molecule has 71 valence electrons. The fourth-order valence-corrected chi connectivity index (χ4v) is 1.22. The molecule has 1 heterocycles. The van der Waals surface area contributed by atoms with E-state index in [4.69, 9.17) is 14.2 Å². The minimum Gasteiger partial charge on any atom is -0.382 e. The van der Waals surface area contributed by atoms with Gasteiger partial charge in [-0.1, -0.05) is 0 Å². The summed E-state index contributed by atoms with van der Waals surface area (Å²) in [6.07, 6.45) is 1.08. The second-order valence-corrected chi connectivity index (χ2v) is 2.80. The fourth-order valence-electron chi connectivity index (χ4n) is 1.22. The molecule has 1 unspecified atom stereocenters. The number of hydrogen-bond acceptors (Lipinski definition) is 4. The average molecular weight is 174 g/mol. The molecule has 4 heteroatoms. The summed E-state index contributed by atoms with van der Waals surface area (Å²) in [5.74, 6) is 0. The van der Waals surface area contributed by atoms with Gasteiger partial charge in [-0.15, -0.1) is 0 Å². The van der Waals surface area contributed by atoms with Gasteiger partial charge in [0, 0.05) is 27.3 Å². The molecule has 1 atom stereocenters. The van der Waals surface area contributed by atoms with Crippen LogP contribution in [0.5, 0.6) is 0 Å². The Morgan fingerprint density at radius 3 is 3.00 bits per heavy atom. The first-order chi connectivity index (χ1) is 5.86. The maximum Gasteiger partial charge on any atom is 0.137 e. The van der Waals surface area contributed by atoms with E-state index in [2.05, 4.69) is 5.32 Å². The van der Waals surface area contributed by atoms with Crippen LogP contribution in [0.15, 0.2) is 0 Å². The molecule has 1 saturated heterocycles. The molecule has 1 N–H and O–H groups in total. The van der Waals surface area contributed by atoms with Gasteiger partial charge in [0.25, 0.3) is 0 Å². The first-order valence-electron chi connectivity index (χ1n) is 4.06. The Bertz CT molecular complexity index is 105. The zero-order chi connectivity index (χ0) is 8.81. The lowest BCUT2D eigenvalue weighted by Crippen LogP contribution is -2.44. The molecule has 0 aromatic carbocycles. The van der Waals surface area contributed by atoms with E-state index in [-0.39, 0.29) is 6.10 Å². The SMILES string of the molecule is COC[C]1CNCC(COC)O1. The third kappa shape index (κ3) is 3.06. The largest absolute Gasteiger partial charge is 0.382 e. The Morgan fingerprint density at radius 1 is 1.50 bits per heavy atom. The van der Waals surface area contributed by atoms with Crippen LogP contribution in [-0.4, -0.2) is 46.6 Å². The summed E-state index contributed by atoms with van der Waals surface area (Å²) >= 11 is 0. The molecule has 0 aromatic heterocycles. The van der Waals surface area contributed by atoms with Gasteiger partial charge in [0.05, 0.1) is 19.3 Å². The molecule has 0 amide bonds. The molecule has 1 radical (unpaired) electrons. The predicted octanol–water partition coefficient (Wildman–Crippen LogP) is -0.200. The fraction of sp³-hybridized carbons (Fsp3) is 0.875. The summed E-state index contributed by atoms with van der Waals surface area (Å²) in [5.41, 5.74) is 0. The maximum absolute atomic E-state index is 5.57. The lowest BCUT2D eigenvalue weighted by Gasteiger charge is -2.29. The molecule has 1 aliphatic heterocycles. The van der Waals surface area contributed by atoms with E-state index >= 15 is 0 Å². The minimum absolute atomic E-state index is 0.133. The number of ether oxygens (including phenoxy) is 3. The van der Waals surface area contributed by atoms with Crippen molar-refractivity contribution in [2.24, 2.45) is 0 Å². The van der Waals surface area contributed by atoms with Crippen molar-refractivity contribution < 1.29 is 14.2 Å². The molecular weight excluding hydrogens is 158 g/mol. The first-order valence-corrected chi connectivity index (χ1v) is 4.06. The van der Waals surface area contributed by atoms with Gasteiger partial charge in [-0.2, -0.15) is 0 Å². The molecule has 1 rings (SSSR count). The third-order valence-electron chi connectivity index (χ3n) is 1.69. The molecule has 1 aliphatic rings. The zero-order valence-corrected chi connectivity index (χ0v) is 7.63. The third-order valence-corrected chi connectivity index (χ3v) is 1.69. The molecule has 1 fully saturated rings. The summed E-state index contributed by atoms with van der Waals surface area (Å²) in [6, 6.07) is 0. The molecule has 4 nitrogen and oxygen atoms in total. The van der Waals surface area contributed by atoms with Crippen LogP contribution in [-0.2, 0) is 14.2 Å². The van der Waals surface area contributed by atoms with Crippen molar-refractivity contribution in [3.8, 4) is 0 Å². The van der Waals surface area contributed by atoms with Crippen molar-refractivity contribution in [3.05, 3.63) is 6.10 Å². The van der Waals surface area contributed by atoms with Crippen LogP contribution < -0.4 is 5.32 Å². The Labute approximate surface area is 73.2 Å². The van der Waals surface area contributed by atoms with Gasteiger partial charge in [-0.3, -0.25) is 0 Å². The van der Waals surface area contributed by atoms with E-state index in [1.165, 1.54) is 0 Å². The Kier molecular flexibility index (Phi) is 4.53. The normalized spacial score (nSPS) is 26.0. The molecule has 0 aliphatic carbocycles. The summed E-state index contributed by atoms with van der Waals surface area (Å²) in [4.78, 5) is 0. The average Bonchev–Trinajstić information content (AvgIpc) is 2.06. The van der Waals surface area contributed by atoms with E-state index in [0.29, 0.717) is 13.2 Å². The standard InChI is InChI=1S/C8H16NO3/c1-10-5-7-3-9-4-8(12-7)6-11-2/h7,9H,3-6H2,1-2H3. The van der Waals surface area contributed by atoms with Crippen molar-refractivity contribution in [1.82, 2.24) is 5.32 Å². The van der Waals surface area contributed by atoms with Gasteiger partial charge in [-0.05, 0) is 0 Å². The summed E-state index contributed by atoms with van der Waals surface area (Å²) < 4.78 is 15.5. The zero-order valence-electron chi connectivity index (χ0n) is 7.63. The Morgan fingerprint density at radius 2 is 2.33 bits per heavy atom. The number of morpholine rings is 1. The number of hydrogen-bond donors (Lipinski definition) is 1. The molecule has 12 heavy (non-hydrogen) atoms. The van der Waals surface area contributed by atoms with Crippen molar-refractivity contribution in [2.75, 3.05) is 40.5 Å². The monoisotopic (exact) mass is 174 g/mol. The van der Waals surface area contributed by atoms with Gasteiger partial charge in [0.2, 0.25) is 0 Å². The molecule has 0 saturated carbocycles. The van der Waals surface area contributed by atoms with E-state index in [0.717, 1.165) is 19.2 Å². The Hall–Kier alpha value is -0.160. The van der Waals surface area contributed by atoms with Gasteiger partial charge < -0.3 is 19.5 Å². The predicted molar refractivity (Wildman–Crippen MR) is 44.7 cm³/mol. The van der Waals surface area contributed by atoms with E-state index in [9.17, 15) is 0 Å². The first kappa shape index (κ1) is 9.92. The summed E-state index contributed by atoms with van der Waals surface area (Å²) in [7, 11) is 3.34. The van der Waals surface area contributed by atoms with Crippen LogP contribution in [0.2, 0.25) is 0 Å². The van der Waals surface area contributed by atoms with E-state index < -0.39 is 0 Å². The lowest BCUT2D eigenvalue weighted by molar-refractivity contribution is -0.0355. The Balaban J connectivity index is 2.20. The second-order valence-electron chi connectivity index (χ2n) is 2.80. The van der Waals surface area contributed by atoms with Crippen molar-refractivity contribution in [3.63, 3.8) is 0 Å². The van der Waals surface area contributed by atoms with Gasteiger partial charge in [0.1, 0.15) is 6.10 Å². The van der Waals surface area contributed by atoms with Crippen molar-refractivity contribution in [2.45, 2.75) is 6.10 Å². The van der Waals surface area contributed by atoms with Gasteiger partial charge in [-0.25, -0.2) is 0 Å². The van der Waals surface area contributed by atoms with E-state index in [1.54, 1.807) is 14.2 Å². The molecular formula is C8H16NO3. The minimum atomic E-state index is 0.133. The van der Waals surface area contributed by atoms with Crippen LogP contribution in [0.3, 0.4) is 0 Å². The number of nitrogens with one attached hydrogen (secondary N) is 1. The molecule has 0 bridgehead atoms. The van der Waals surface area contributed by atoms with Crippen LogP contribution in [0.1, 0.15) is 0 Å². The smallest absolute Gasteiger partial charge is 0.137 e. The summed E-state index contributed by atoms with van der Waals surface area (Å²) in [6.45, 7) is 2.82. The maximum atomic E-state index is 5.57. The number of methoxy groups -OCH3 is 2. The second kappa shape index (κ2) is 5.48. The highest BCUT2D eigenvalue weighted by molar-refractivity contribution is 4.87. The molecule has 0 aromatic rings. The molecule has 0 spiro atoms. The highest BCUT2D eigenvalue weighted by Crippen LogP contribution is 2.10. The summed E-state index contributed by atoms with van der Waals surface area (Å²) in [5, 5.41) is 3.23. The van der Waals surface area contributed by atoms with Crippen LogP contribution in [0.25, 0.3) is 0 Å². The van der Waals surface area contributed by atoms with Crippen LogP contribution >= 0.6 is 0 Å². The number of rotatable bonds is 4. The quantitative estimate of drug-likeness (QED) is 0.640. The highest BCUT2D eigenvalue weighted by atomic mass is 16.6. The van der Waals surface area contributed by atoms with Crippen molar-refractivity contribution in [1.29, 1.82) is 0 Å². The van der Waals surface area contributed by atoms with Gasteiger partial charge in [0.15, 0.2) is 0 Å². The highest BCUT2D eigenvalue weighted by Gasteiger charge is 2.22. The lowest BCUT2D eigenvalue weighted by atomic mass is 10.2. The van der Waals surface area contributed by atoms with Crippen molar-refractivity contribution >= 4 is 0 Å². The van der Waals surface area contributed by atoms with Crippen LogP contribution in [0, 0.1) is 6.10 Å². The van der Waals surface area contributed by atoms with Gasteiger partial charge >= 0.3 is 0 Å². The van der Waals surface area contributed by atoms with E-state index in [1.807, 2.05) is 0 Å².